The van der Waals surface area contributed by atoms with Crippen molar-refractivity contribution in [3.8, 4) is 0 Å². The quantitative estimate of drug-likeness (QED) is 0.806. The Morgan fingerprint density at radius 3 is 2.56 bits per heavy atom. The zero-order valence-corrected chi connectivity index (χ0v) is 14.8. The summed E-state index contributed by atoms with van der Waals surface area (Å²) in [4.78, 5) is 24.0. The van der Waals surface area contributed by atoms with Crippen molar-refractivity contribution in [1.82, 2.24) is 20.0 Å². The molecule has 0 spiro atoms. The van der Waals surface area contributed by atoms with E-state index in [4.69, 9.17) is 5.11 Å². The summed E-state index contributed by atoms with van der Waals surface area (Å²) in [5, 5.41) is 16.1. The Morgan fingerprint density at radius 2 is 1.92 bits per heavy atom. The van der Waals surface area contributed by atoms with Gasteiger partial charge in [0.1, 0.15) is 0 Å². The lowest BCUT2D eigenvalue weighted by atomic mass is 10.2. The fourth-order valence-electron chi connectivity index (χ4n) is 2.56. The van der Waals surface area contributed by atoms with Crippen LogP contribution in [0.4, 0.5) is 4.79 Å². The van der Waals surface area contributed by atoms with Crippen molar-refractivity contribution in [2.75, 3.05) is 13.6 Å². The summed E-state index contributed by atoms with van der Waals surface area (Å²) in [6.45, 7) is 5.12. The van der Waals surface area contributed by atoms with Crippen molar-refractivity contribution in [3.05, 3.63) is 52.8 Å². The number of carbonyl (C=O) groups is 2. The number of carboxylic acids is 1. The molecule has 2 aromatic rings. The second-order valence-electron chi connectivity index (χ2n) is 6.02. The van der Waals surface area contributed by atoms with Gasteiger partial charge in [0, 0.05) is 31.4 Å². The van der Waals surface area contributed by atoms with E-state index in [1.807, 2.05) is 36.7 Å². The van der Waals surface area contributed by atoms with E-state index in [9.17, 15) is 9.59 Å². The molecule has 2 rings (SSSR count). The second kappa shape index (κ2) is 8.32. The molecule has 0 aliphatic rings. The molecular weight excluding hydrogens is 320 g/mol. The summed E-state index contributed by atoms with van der Waals surface area (Å²) >= 11 is 0. The third-order valence-corrected chi connectivity index (χ3v) is 4.13. The predicted octanol–water partition coefficient (Wildman–Crippen LogP) is 2.16. The zero-order chi connectivity index (χ0) is 18.4. The van der Waals surface area contributed by atoms with Crippen LogP contribution in [0.1, 0.15) is 28.9 Å². The molecule has 0 unspecified atom stereocenters. The normalized spacial score (nSPS) is 10.5. The molecule has 0 radical (unpaired) electrons. The van der Waals surface area contributed by atoms with Crippen LogP contribution in [0.2, 0.25) is 0 Å². The Labute approximate surface area is 147 Å². The van der Waals surface area contributed by atoms with Gasteiger partial charge in [-0.25, -0.2) is 4.79 Å². The van der Waals surface area contributed by atoms with Gasteiger partial charge in [-0.05, 0) is 19.4 Å². The molecule has 1 heterocycles. The predicted molar refractivity (Wildman–Crippen MR) is 94.4 cm³/mol. The zero-order valence-electron chi connectivity index (χ0n) is 14.8. The van der Waals surface area contributed by atoms with Gasteiger partial charge in [0.25, 0.3) is 0 Å². The number of carbonyl (C=O) groups excluding carboxylic acids is 1. The molecule has 7 nitrogen and oxygen atoms in total. The molecule has 2 amide bonds. The van der Waals surface area contributed by atoms with Gasteiger partial charge in [-0.2, -0.15) is 5.10 Å². The maximum Gasteiger partial charge on any atom is 0.317 e. The van der Waals surface area contributed by atoms with E-state index in [0.717, 1.165) is 22.5 Å². The minimum absolute atomic E-state index is 0.0724. The molecule has 134 valence electrons. The number of aryl methyl sites for hydroxylation is 1. The maximum absolute atomic E-state index is 12.0. The number of rotatable bonds is 7. The molecule has 0 saturated heterocycles. The number of hydrogen-bond acceptors (Lipinski definition) is 3. The lowest BCUT2D eigenvalue weighted by Gasteiger charge is -2.17. The fourth-order valence-corrected chi connectivity index (χ4v) is 2.56. The largest absolute Gasteiger partial charge is 0.481 e. The molecular formula is C18H24N4O3. The van der Waals surface area contributed by atoms with E-state index < -0.39 is 5.97 Å². The van der Waals surface area contributed by atoms with E-state index in [1.54, 1.807) is 7.05 Å². The molecule has 7 heteroatoms. The molecule has 2 N–H and O–H groups in total. The molecule has 0 atom stereocenters. The van der Waals surface area contributed by atoms with Crippen LogP contribution in [0.25, 0.3) is 0 Å². The first-order valence-electron chi connectivity index (χ1n) is 8.16. The number of benzene rings is 1. The van der Waals surface area contributed by atoms with E-state index in [2.05, 4.69) is 22.5 Å². The van der Waals surface area contributed by atoms with E-state index in [1.165, 1.54) is 4.90 Å². The lowest BCUT2D eigenvalue weighted by Crippen LogP contribution is -2.38. The van der Waals surface area contributed by atoms with Crippen molar-refractivity contribution < 1.29 is 14.7 Å². The van der Waals surface area contributed by atoms with Gasteiger partial charge in [-0.1, -0.05) is 30.3 Å². The number of nitrogens with one attached hydrogen (secondary N) is 1. The average molecular weight is 344 g/mol. The summed E-state index contributed by atoms with van der Waals surface area (Å²) in [6, 6.07) is 9.78. The van der Waals surface area contributed by atoms with Gasteiger partial charge in [-0.15, -0.1) is 0 Å². The summed E-state index contributed by atoms with van der Waals surface area (Å²) in [6.07, 6.45) is -0.0724. The van der Waals surface area contributed by atoms with Crippen molar-refractivity contribution in [1.29, 1.82) is 0 Å². The number of carboxylic acid groups (broad SMARTS) is 1. The van der Waals surface area contributed by atoms with Gasteiger partial charge < -0.3 is 15.3 Å². The molecule has 0 aliphatic carbocycles. The highest BCUT2D eigenvalue weighted by Crippen LogP contribution is 2.14. The van der Waals surface area contributed by atoms with Gasteiger partial charge >= 0.3 is 12.0 Å². The highest BCUT2D eigenvalue weighted by atomic mass is 16.4. The Morgan fingerprint density at radius 1 is 1.24 bits per heavy atom. The highest BCUT2D eigenvalue weighted by molar-refractivity contribution is 5.75. The van der Waals surface area contributed by atoms with Crippen LogP contribution >= 0.6 is 0 Å². The molecule has 0 bridgehead atoms. The Bertz CT molecular complexity index is 740. The maximum atomic E-state index is 12.0. The van der Waals surface area contributed by atoms with Crippen LogP contribution in [0.15, 0.2) is 30.3 Å². The summed E-state index contributed by atoms with van der Waals surface area (Å²) in [5.41, 5.74) is 4.03. The fraction of sp³-hybridized carbons (Fsp3) is 0.389. The molecule has 25 heavy (non-hydrogen) atoms. The first-order chi connectivity index (χ1) is 11.9. The first-order valence-corrected chi connectivity index (χ1v) is 8.16. The smallest absolute Gasteiger partial charge is 0.317 e. The summed E-state index contributed by atoms with van der Waals surface area (Å²) < 4.78 is 1.93. The van der Waals surface area contributed by atoms with Crippen LogP contribution in [-0.2, 0) is 17.9 Å². The van der Waals surface area contributed by atoms with Gasteiger partial charge in [-0.3, -0.25) is 9.48 Å². The van der Waals surface area contributed by atoms with E-state index in [-0.39, 0.29) is 19.0 Å². The highest BCUT2D eigenvalue weighted by Gasteiger charge is 2.15. The summed E-state index contributed by atoms with van der Waals surface area (Å²) in [7, 11) is 1.58. The first kappa shape index (κ1) is 18.5. The molecule has 0 aliphatic heterocycles. The third-order valence-electron chi connectivity index (χ3n) is 4.13. The van der Waals surface area contributed by atoms with Crippen LogP contribution in [0, 0.1) is 13.8 Å². The topological polar surface area (TPSA) is 87.5 Å². The minimum atomic E-state index is -0.923. The minimum Gasteiger partial charge on any atom is -0.481 e. The monoisotopic (exact) mass is 344 g/mol. The van der Waals surface area contributed by atoms with E-state index in [0.29, 0.717) is 13.1 Å². The number of aliphatic carboxylic acids is 1. The van der Waals surface area contributed by atoms with Crippen molar-refractivity contribution in [2.24, 2.45) is 0 Å². The second-order valence-corrected chi connectivity index (χ2v) is 6.02. The average Bonchev–Trinajstić information content (AvgIpc) is 2.85. The number of amides is 2. The Balaban J connectivity index is 1.98. The number of nitrogens with zero attached hydrogens (tertiary/aromatic N) is 3. The standard InChI is InChI=1S/C18H24N4O3/c1-13-16(11-19-18(25)21(3)10-9-17(23)24)14(2)22(20-13)12-15-7-5-4-6-8-15/h4-8H,9-12H2,1-3H3,(H,19,25)(H,23,24). The number of hydrogen-bond donors (Lipinski definition) is 2. The molecule has 1 aromatic heterocycles. The Kier molecular flexibility index (Phi) is 6.16. The van der Waals surface area contributed by atoms with Crippen molar-refractivity contribution in [3.63, 3.8) is 0 Å². The Hall–Kier alpha value is -2.83. The van der Waals surface area contributed by atoms with Gasteiger partial charge in [0.15, 0.2) is 0 Å². The molecule has 0 saturated carbocycles. The third kappa shape index (κ3) is 5.07. The van der Waals surface area contributed by atoms with Crippen LogP contribution in [-0.4, -0.2) is 45.4 Å². The SMILES string of the molecule is Cc1nn(Cc2ccccc2)c(C)c1CNC(=O)N(C)CCC(=O)O. The van der Waals surface area contributed by atoms with Crippen molar-refractivity contribution in [2.45, 2.75) is 33.4 Å². The summed E-state index contributed by atoms with van der Waals surface area (Å²) in [5.74, 6) is -0.923. The van der Waals surface area contributed by atoms with Crippen LogP contribution < -0.4 is 5.32 Å². The number of urea groups is 1. The van der Waals surface area contributed by atoms with Crippen molar-refractivity contribution >= 4 is 12.0 Å². The van der Waals surface area contributed by atoms with Gasteiger partial charge in [0.2, 0.25) is 0 Å². The van der Waals surface area contributed by atoms with Gasteiger partial charge in [0.05, 0.1) is 18.7 Å². The number of aromatic nitrogens is 2. The lowest BCUT2D eigenvalue weighted by molar-refractivity contribution is -0.137. The molecule has 0 fully saturated rings. The van der Waals surface area contributed by atoms with E-state index >= 15 is 0 Å². The van der Waals surface area contributed by atoms with Crippen LogP contribution in [0.3, 0.4) is 0 Å². The van der Waals surface area contributed by atoms with Crippen LogP contribution in [0.5, 0.6) is 0 Å². The molecule has 1 aromatic carbocycles.